The third-order valence-electron chi connectivity index (χ3n) is 4.21. The number of nitrogens with zero attached hydrogens (tertiary/aromatic N) is 2. The molecule has 0 bridgehead atoms. The smallest absolute Gasteiger partial charge is 0.252 e. The normalized spacial score (nSPS) is 14.1. The van der Waals surface area contributed by atoms with Crippen molar-refractivity contribution in [3.05, 3.63) is 64.8 Å². The van der Waals surface area contributed by atoms with Gasteiger partial charge in [0.25, 0.3) is 5.91 Å². The summed E-state index contributed by atoms with van der Waals surface area (Å²) in [4.78, 5) is 12.1. The quantitative estimate of drug-likeness (QED) is 0.789. The molecule has 1 aromatic heterocycles. The first-order valence-electron chi connectivity index (χ1n) is 7.70. The van der Waals surface area contributed by atoms with Crippen LogP contribution in [-0.4, -0.2) is 15.7 Å². The van der Waals surface area contributed by atoms with Gasteiger partial charge < -0.3 is 5.32 Å². The van der Waals surface area contributed by atoms with Gasteiger partial charge >= 0.3 is 0 Å². The van der Waals surface area contributed by atoms with Crippen molar-refractivity contribution in [3.63, 3.8) is 0 Å². The van der Waals surface area contributed by atoms with E-state index < -0.39 is 0 Å². The van der Waals surface area contributed by atoms with E-state index >= 15 is 0 Å². The predicted molar refractivity (Wildman–Crippen MR) is 90.6 cm³/mol. The van der Waals surface area contributed by atoms with Crippen molar-refractivity contribution < 1.29 is 4.79 Å². The van der Waals surface area contributed by atoms with Crippen LogP contribution in [0.25, 0.3) is 10.9 Å². The minimum atomic E-state index is -0.139. The van der Waals surface area contributed by atoms with Crippen molar-refractivity contribution >= 4 is 28.4 Å². The zero-order valence-corrected chi connectivity index (χ0v) is 13.3. The summed E-state index contributed by atoms with van der Waals surface area (Å²) in [5.41, 5.74) is 3.01. The van der Waals surface area contributed by atoms with Crippen LogP contribution in [0.4, 0.5) is 0 Å². The molecule has 0 radical (unpaired) electrons. The fraction of sp³-hybridized carbons (Fsp3) is 0.222. The molecular weight excluding hydrogens is 310 g/mol. The Hall–Kier alpha value is -2.33. The number of carbonyl (C=O) groups is 1. The standard InChI is InChI=1S/C18H16ClN3O/c19-16-6-3-13(4-7-16)18(23)20-11-22-17-8-5-14(12-1-2-12)9-15(17)10-21-22/h3-10,12H,1-2,11H2,(H,20,23). The monoisotopic (exact) mass is 325 g/mol. The van der Waals surface area contributed by atoms with E-state index in [9.17, 15) is 4.79 Å². The number of amides is 1. The molecule has 2 aromatic carbocycles. The molecule has 1 saturated carbocycles. The Balaban J connectivity index is 1.49. The fourth-order valence-corrected chi connectivity index (χ4v) is 2.88. The highest BCUT2D eigenvalue weighted by molar-refractivity contribution is 6.30. The number of hydrogen-bond donors (Lipinski definition) is 1. The summed E-state index contributed by atoms with van der Waals surface area (Å²) in [6.45, 7) is 0.341. The summed E-state index contributed by atoms with van der Waals surface area (Å²) >= 11 is 5.83. The van der Waals surface area contributed by atoms with Gasteiger partial charge in [0.05, 0.1) is 11.7 Å². The number of aromatic nitrogens is 2. The molecule has 0 unspecified atom stereocenters. The second kappa shape index (κ2) is 5.70. The van der Waals surface area contributed by atoms with Crippen molar-refractivity contribution in [2.24, 2.45) is 0 Å². The molecule has 4 rings (SSSR count). The summed E-state index contributed by atoms with van der Waals surface area (Å²) in [6, 6.07) is 13.3. The largest absolute Gasteiger partial charge is 0.333 e. The first-order chi connectivity index (χ1) is 11.2. The highest BCUT2D eigenvalue weighted by Crippen LogP contribution is 2.40. The zero-order valence-electron chi connectivity index (χ0n) is 12.5. The van der Waals surface area contributed by atoms with Crippen molar-refractivity contribution in [1.29, 1.82) is 0 Å². The third-order valence-corrected chi connectivity index (χ3v) is 4.46. The second-order valence-electron chi connectivity index (χ2n) is 5.91. The molecule has 1 heterocycles. The van der Waals surface area contributed by atoms with Gasteiger partial charge in [0.1, 0.15) is 6.67 Å². The number of rotatable bonds is 4. The molecule has 23 heavy (non-hydrogen) atoms. The molecule has 1 N–H and O–H groups in total. The Morgan fingerprint density at radius 3 is 2.74 bits per heavy atom. The fourth-order valence-electron chi connectivity index (χ4n) is 2.75. The number of fused-ring (bicyclic) bond motifs is 1. The molecule has 0 saturated heterocycles. The van der Waals surface area contributed by atoms with Gasteiger partial charge in [0.2, 0.25) is 0 Å². The molecule has 3 aromatic rings. The van der Waals surface area contributed by atoms with Crippen LogP contribution < -0.4 is 5.32 Å². The summed E-state index contributed by atoms with van der Waals surface area (Å²) in [5.74, 6) is 0.590. The first kappa shape index (κ1) is 14.3. The number of hydrogen-bond acceptors (Lipinski definition) is 2. The summed E-state index contributed by atoms with van der Waals surface area (Å²) < 4.78 is 1.81. The van der Waals surface area contributed by atoms with Crippen molar-refractivity contribution in [2.45, 2.75) is 25.4 Å². The molecule has 1 aliphatic carbocycles. The minimum Gasteiger partial charge on any atom is -0.333 e. The average Bonchev–Trinajstić information content (AvgIpc) is 3.34. The average molecular weight is 326 g/mol. The number of nitrogens with one attached hydrogen (secondary N) is 1. The molecule has 5 heteroatoms. The van der Waals surface area contributed by atoms with Crippen LogP contribution in [-0.2, 0) is 6.67 Å². The van der Waals surface area contributed by atoms with Crippen LogP contribution in [0.1, 0.15) is 34.7 Å². The molecule has 4 nitrogen and oxygen atoms in total. The van der Waals surface area contributed by atoms with Crippen LogP contribution >= 0.6 is 11.6 Å². The Kier molecular flexibility index (Phi) is 3.54. The van der Waals surface area contributed by atoms with Gasteiger partial charge in [-0.1, -0.05) is 17.7 Å². The highest BCUT2D eigenvalue weighted by Gasteiger charge is 2.23. The van der Waals surface area contributed by atoms with Gasteiger partial charge in [-0.15, -0.1) is 0 Å². The number of benzene rings is 2. The van der Waals surface area contributed by atoms with E-state index in [4.69, 9.17) is 11.6 Å². The minimum absolute atomic E-state index is 0.139. The maximum absolute atomic E-state index is 12.1. The molecule has 0 spiro atoms. The highest BCUT2D eigenvalue weighted by atomic mass is 35.5. The van der Waals surface area contributed by atoms with Gasteiger partial charge in [0.15, 0.2) is 0 Å². The maximum atomic E-state index is 12.1. The number of halogens is 1. The summed E-state index contributed by atoms with van der Waals surface area (Å²) in [5, 5.41) is 9.00. The molecule has 1 aliphatic rings. The molecular formula is C18H16ClN3O. The summed E-state index contributed by atoms with van der Waals surface area (Å²) in [6.07, 6.45) is 4.43. The van der Waals surface area contributed by atoms with E-state index in [0.717, 1.165) is 16.8 Å². The topological polar surface area (TPSA) is 46.9 Å². The maximum Gasteiger partial charge on any atom is 0.252 e. The van der Waals surface area contributed by atoms with Gasteiger partial charge in [-0.2, -0.15) is 5.10 Å². The van der Waals surface area contributed by atoms with Gasteiger partial charge in [0, 0.05) is 16.0 Å². The van der Waals surface area contributed by atoms with Crippen molar-refractivity contribution in [1.82, 2.24) is 15.1 Å². The van der Waals surface area contributed by atoms with E-state index in [1.807, 2.05) is 6.20 Å². The molecule has 116 valence electrons. The Morgan fingerprint density at radius 2 is 2.00 bits per heavy atom. The third kappa shape index (κ3) is 2.94. The predicted octanol–water partition coefficient (Wildman–Crippen LogP) is 3.95. The van der Waals surface area contributed by atoms with Gasteiger partial charge in [-0.3, -0.25) is 4.79 Å². The van der Waals surface area contributed by atoms with Gasteiger partial charge in [-0.05, 0) is 60.7 Å². The molecule has 1 fully saturated rings. The van der Waals surface area contributed by atoms with Crippen LogP contribution in [0, 0.1) is 0 Å². The number of carbonyl (C=O) groups excluding carboxylic acids is 1. The lowest BCUT2D eigenvalue weighted by Crippen LogP contribution is -2.26. The van der Waals surface area contributed by atoms with Crippen LogP contribution in [0.15, 0.2) is 48.7 Å². The zero-order chi connectivity index (χ0) is 15.8. The van der Waals surface area contributed by atoms with Crippen LogP contribution in [0.5, 0.6) is 0 Å². The summed E-state index contributed by atoms with van der Waals surface area (Å²) in [7, 11) is 0. The Morgan fingerprint density at radius 1 is 1.22 bits per heavy atom. The van der Waals surface area contributed by atoms with E-state index in [1.165, 1.54) is 18.4 Å². The van der Waals surface area contributed by atoms with E-state index in [0.29, 0.717) is 17.3 Å². The van der Waals surface area contributed by atoms with Crippen molar-refractivity contribution in [3.8, 4) is 0 Å². The lowest BCUT2D eigenvalue weighted by molar-refractivity contribution is 0.0941. The van der Waals surface area contributed by atoms with E-state index in [-0.39, 0.29) is 5.91 Å². The Labute approximate surface area is 139 Å². The molecule has 0 atom stereocenters. The lowest BCUT2D eigenvalue weighted by atomic mass is 10.1. The van der Waals surface area contributed by atoms with Crippen LogP contribution in [0.2, 0.25) is 5.02 Å². The van der Waals surface area contributed by atoms with E-state index in [2.05, 4.69) is 28.6 Å². The van der Waals surface area contributed by atoms with Crippen molar-refractivity contribution in [2.75, 3.05) is 0 Å². The SMILES string of the molecule is O=C(NCn1ncc2cc(C3CC3)ccc21)c1ccc(Cl)cc1. The van der Waals surface area contributed by atoms with Crippen LogP contribution in [0.3, 0.4) is 0 Å². The first-order valence-corrected chi connectivity index (χ1v) is 8.08. The second-order valence-corrected chi connectivity index (χ2v) is 6.34. The molecule has 0 aliphatic heterocycles. The lowest BCUT2D eigenvalue weighted by Gasteiger charge is -2.07. The Bertz CT molecular complexity index is 866. The van der Waals surface area contributed by atoms with E-state index in [1.54, 1.807) is 28.9 Å². The van der Waals surface area contributed by atoms with Gasteiger partial charge in [-0.25, -0.2) is 4.68 Å². The molecule has 1 amide bonds.